The third kappa shape index (κ3) is 5.70. The molecule has 0 atom stereocenters. The lowest BCUT2D eigenvalue weighted by Crippen LogP contribution is -2.33. The van der Waals surface area contributed by atoms with Crippen molar-refractivity contribution in [2.24, 2.45) is 0 Å². The fourth-order valence-electron chi connectivity index (χ4n) is 2.77. The van der Waals surface area contributed by atoms with Gasteiger partial charge in [0.25, 0.3) is 0 Å². The predicted octanol–water partition coefficient (Wildman–Crippen LogP) is 3.34. The van der Waals surface area contributed by atoms with Gasteiger partial charge in [-0.1, -0.05) is 6.42 Å². The molecule has 5 nitrogen and oxygen atoms in total. The Labute approximate surface area is 145 Å². The van der Waals surface area contributed by atoms with Gasteiger partial charge in [0.2, 0.25) is 0 Å². The second-order valence-corrected chi connectivity index (χ2v) is 6.61. The van der Waals surface area contributed by atoms with Crippen LogP contribution in [0, 0.1) is 0 Å². The Morgan fingerprint density at radius 3 is 2.70 bits per heavy atom. The molecule has 1 saturated heterocycles. The van der Waals surface area contributed by atoms with Crippen LogP contribution in [0.2, 0.25) is 0 Å². The average Bonchev–Trinajstić information content (AvgIpc) is 2.55. The van der Waals surface area contributed by atoms with E-state index in [1.54, 1.807) is 7.11 Å². The normalized spacial score (nSPS) is 15.4. The summed E-state index contributed by atoms with van der Waals surface area (Å²) in [6.45, 7) is 3.82. The highest BCUT2D eigenvalue weighted by Gasteiger charge is 2.14. The molecular weight excluding hydrogens is 362 g/mol. The van der Waals surface area contributed by atoms with Gasteiger partial charge in [-0.3, -0.25) is 9.69 Å². The SMILES string of the molecule is COc1cc(CCC(=O)O)cc(Br)c1OCCN1CCCCC1. The summed E-state index contributed by atoms with van der Waals surface area (Å²) in [7, 11) is 1.60. The summed E-state index contributed by atoms with van der Waals surface area (Å²) in [4.78, 5) is 13.1. The van der Waals surface area contributed by atoms with Crippen LogP contribution in [-0.4, -0.2) is 49.3 Å². The Morgan fingerprint density at radius 2 is 2.04 bits per heavy atom. The molecule has 0 bridgehead atoms. The molecule has 0 aliphatic carbocycles. The Balaban J connectivity index is 1.95. The van der Waals surface area contributed by atoms with Crippen molar-refractivity contribution in [3.63, 3.8) is 0 Å². The lowest BCUT2D eigenvalue weighted by atomic mass is 10.1. The molecule has 2 rings (SSSR count). The van der Waals surface area contributed by atoms with Gasteiger partial charge in [-0.05, 0) is 66.0 Å². The molecule has 1 aromatic rings. The highest BCUT2D eigenvalue weighted by molar-refractivity contribution is 9.10. The van der Waals surface area contributed by atoms with Gasteiger partial charge in [0, 0.05) is 13.0 Å². The van der Waals surface area contributed by atoms with Gasteiger partial charge in [-0.15, -0.1) is 0 Å². The summed E-state index contributed by atoms with van der Waals surface area (Å²) in [6, 6.07) is 3.76. The van der Waals surface area contributed by atoms with Crippen molar-refractivity contribution in [3.8, 4) is 11.5 Å². The van der Waals surface area contributed by atoms with Gasteiger partial charge >= 0.3 is 5.97 Å². The summed E-state index contributed by atoms with van der Waals surface area (Å²) in [6.07, 6.45) is 4.44. The van der Waals surface area contributed by atoms with Crippen LogP contribution in [0.1, 0.15) is 31.2 Å². The summed E-state index contributed by atoms with van der Waals surface area (Å²) >= 11 is 3.51. The van der Waals surface area contributed by atoms with E-state index in [9.17, 15) is 4.79 Å². The van der Waals surface area contributed by atoms with Crippen LogP contribution in [0.25, 0.3) is 0 Å². The van der Waals surface area contributed by atoms with Crippen LogP contribution >= 0.6 is 15.9 Å². The maximum atomic E-state index is 10.7. The minimum Gasteiger partial charge on any atom is -0.493 e. The number of halogens is 1. The largest absolute Gasteiger partial charge is 0.493 e. The highest BCUT2D eigenvalue weighted by Crippen LogP contribution is 2.37. The number of methoxy groups -OCH3 is 1. The number of carboxylic acids is 1. The molecule has 1 fully saturated rings. The molecule has 0 aromatic heterocycles. The van der Waals surface area contributed by atoms with E-state index in [0.717, 1.165) is 29.7 Å². The second kappa shape index (κ2) is 9.13. The van der Waals surface area contributed by atoms with E-state index in [0.29, 0.717) is 24.5 Å². The number of aryl methyl sites for hydroxylation is 1. The molecule has 6 heteroatoms. The summed E-state index contributed by atoms with van der Waals surface area (Å²) in [5, 5.41) is 8.79. The monoisotopic (exact) mass is 385 g/mol. The van der Waals surface area contributed by atoms with Gasteiger partial charge in [0.1, 0.15) is 6.61 Å². The molecule has 1 heterocycles. The molecule has 1 aliphatic rings. The van der Waals surface area contributed by atoms with Crippen molar-refractivity contribution in [1.82, 2.24) is 4.90 Å². The fraction of sp³-hybridized carbons (Fsp3) is 0.588. The number of piperidine rings is 1. The molecule has 1 N–H and O–H groups in total. The van der Waals surface area contributed by atoms with E-state index in [-0.39, 0.29) is 6.42 Å². The number of carboxylic acid groups (broad SMARTS) is 1. The van der Waals surface area contributed by atoms with Gasteiger partial charge in [0.05, 0.1) is 11.6 Å². The molecule has 0 unspecified atom stereocenters. The molecule has 128 valence electrons. The first-order valence-electron chi connectivity index (χ1n) is 8.03. The second-order valence-electron chi connectivity index (χ2n) is 5.75. The molecule has 0 saturated carbocycles. The Kier molecular flexibility index (Phi) is 7.17. The van der Waals surface area contributed by atoms with E-state index in [4.69, 9.17) is 14.6 Å². The van der Waals surface area contributed by atoms with Gasteiger partial charge in [-0.25, -0.2) is 0 Å². The molecule has 23 heavy (non-hydrogen) atoms. The topological polar surface area (TPSA) is 59.0 Å². The first-order valence-corrected chi connectivity index (χ1v) is 8.83. The number of rotatable bonds is 8. The summed E-state index contributed by atoms with van der Waals surface area (Å²) < 4.78 is 12.1. The van der Waals surface area contributed by atoms with Crippen LogP contribution in [0.3, 0.4) is 0 Å². The average molecular weight is 386 g/mol. The fourth-order valence-corrected chi connectivity index (χ4v) is 3.37. The molecule has 1 aliphatic heterocycles. The molecule has 1 aromatic carbocycles. The van der Waals surface area contributed by atoms with Crippen LogP contribution in [-0.2, 0) is 11.2 Å². The van der Waals surface area contributed by atoms with Crippen molar-refractivity contribution < 1.29 is 19.4 Å². The minimum absolute atomic E-state index is 0.102. The van der Waals surface area contributed by atoms with E-state index >= 15 is 0 Å². The predicted molar refractivity (Wildman–Crippen MR) is 92.4 cm³/mol. The quantitative estimate of drug-likeness (QED) is 0.743. The Morgan fingerprint density at radius 1 is 1.30 bits per heavy atom. The minimum atomic E-state index is -0.804. The van der Waals surface area contributed by atoms with Crippen LogP contribution in [0.4, 0.5) is 0 Å². The molecular formula is C17H24BrNO4. The third-order valence-corrected chi connectivity index (χ3v) is 4.61. The number of likely N-dealkylation sites (tertiary alicyclic amines) is 1. The number of ether oxygens (including phenoxy) is 2. The first kappa shape index (κ1) is 18.1. The zero-order valence-corrected chi connectivity index (χ0v) is 15.1. The van der Waals surface area contributed by atoms with E-state index in [1.165, 1.54) is 19.3 Å². The number of hydrogen-bond acceptors (Lipinski definition) is 4. The van der Waals surface area contributed by atoms with Crippen molar-refractivity contribution >= 4 is 21.9 Å². The number of carbonyl (C=O) groups is 1. The lowest BCUT2D eigenvalue weighted by Gasteiger charge is -2.26. The first-order chi connectivity index (χ1) is 11.1. The van der Waals surface area contributed by atoms with Gasteiger partial charge in [-0.2, -0.15) is 0 Å². The third-order valence-electron chi connectivity index (χ3n) is 4.02. The number of benzene rings is 1. The molecule has 0 amide bonds. The molecule has 0 radical (unpaired) electrons. The standard InChI is InChI=1S/C17H24BrNO4/c1-22-15-12-13(5-6-16(20)21)11-14(18)17(15)23-10-9-19-7-3-2-4-8-19/h11-12H,2-10H2,1H3,(H,20,21). The van der Waals surface area contributed by atoms with E-state index in [1.807, 2.05) is 12.1 Å². The highest BCUT2D eigenvalue weighted by atomic mass is 79.9. The van der Waals surface area contributed by atoms with E-state index in [2.05, 4.69) is 20.8 Å². The van der Waals surface area contributed by atoms with Crippen molar-refractivity contribution in [2.45, 2.75) is 32.1 Å². The smallest absolute Gasteiger partial charge is 0.303 e. The van der Waals surface area contributed by atoms with Crippen molar-refractivity contribution in [1.29, 1.82) is 0 Å². The molecule has 0 spiro atoms. The zero-order valence-electron chi connectivity index (χ0n) is 13.5. The van der Waals surface area contributed by atoms with Crippen LogP contribution in [0.15, 0.2) is 16.6 Å². The maximum Gasteiger partial charge on any atom is 0.303 e. The lowest BCUT2D eigenvalue weighted by molar-refractivity contribution is -0.136. The van der Waals surface area contributed by atoms with Gasteiger partial charge in [0.15, 0.2) is 11.5 Å². The van der Waals surface area contributed by atoms with Crippen LogP contribution < -0.4 is 9.47 Å². The summed E-state index contributed by atoms with van der Waals surface area (Å²) in [5.74, 6) is 0.518. The maximum absolute atomic E-state index is 10.7. The van der Waals surface area contributed by atoms with Gasteiger partial charge < -0.3 is 14.6 Å². The summed E-state index contributed by atoms with van der Waals surface area (Å²) in [5.41, 5.74) is 0.916. The zero-order chi connectivity index (χ0) is 16.7. The Bertz CT molecular complexity index is 530. The van der Waals surface area contributed by atoms with Crippen LogP contribution in [0.5, 0.6) is 11.5 Å². The number of hydrogen-bond donors (Lipinski definition) is 1. The number of aliphatic carboxylic acids is 1. The number of nitrogens with zero attached hydrogens (tertiary/aromatic N) is 1. The Hall–Kier alpha value is -1.27. The van der Waals surface area contributed by atoms with Crippen molar-refractivity contribution in [3.05, 3.63) is 22.2 Å². The van der Waals surface area contributed by atoms with Crippen molar-refractivity contribution in [2.75, 3.05) is 33.4 Å². The van der Waals surface area contributed by atoms with E-state index < -0.39 is 5.97 Å².